The highest BCUT2D eigenvalue weighted by Crippen LogP contribution is 2.43. The highest BCUT2D eigenvalue weighted by atomic mass is 32.1. The maximum Gasteiger partial charge on any atom is 0.189 e. The van der Waals surface area contributed by atoms with E-state index >= 15 is 0 Å². The van der Waals surface area contributed by atoms with Crippen molar-refractivity contribution < 1.29 is 4.74 Å². The predicted molar refractivity (Wildman–Crippen MR) is 129 cm³/mol. The highest BCUT2D eigenvalue weighted by Gasteiger charge is 2.31. The molecule has 1 aliphatic rings. The van der Waals surface area contributed by atoms with Gasteiger partial charge in [-0.2, -0.15) is 0 Å². The van der Waals surface area contributed by atoms with E-state index in [2.05, 4.69) is 44.1 Å². The zero-order valence-corrected chi connectivity index (χ0v) is 19.4. The van der Waals surface area contributed by atoms with E-state index in [9.17, 15) is 0 Å². The average molecular weight is 443 g/mol. The minimum Gasteiger partial charge on any atom is -0.485 e. The molecule has 162 valence electrons. The lowest BCUT2D eigenvalue weighted by molar-refractivity contribution is 0.218. The number of hydrogen-bond donors (Lipinski definition) is 0. The van der Waals surface area contributed by atoms with E-state index in [-0.39, 0.29) is 0 Å². The van der Waals surface area contributed by atoms with Crippen LogP contribution < -0.4 is 4.74 Å². The Morgan fingerprint density at radius 2 is 1.97 bits per heavy atom. The Morgan fingerprint density at radius 1 is 1.12 bits per heavy atom. The molecule has 0 radical (unpaired) electrons. The molecule has 0 N–H and O–H groups in total. The van der Waals surface area contributed by atoms with Crippen LogP contribution in [-0.2, 0) is 19.4 Å². The number of benzene rings is 2. The highest BCUT2D eigenvalue weighted by molar-refractivity contribution is 7.19. The van der Waals surface area contributed by atoms with Crippen LogP contribution in [0.2, 0.25) is 0 Å². The fourth-order valence-corrected chi connectivity index (χ4v) is 6.14. The predicted octanol–water partition coefficient (Wildman–Crippen LogP) is 6.22. The molecule has 0 amide bonds. The first-order valence-electron chi connectivity index (χ1n) is 11.2. The van der Waals surface area contributed by atoms with Crippen LogP contribution in [0.1, 0.15) is 43.5 Å². The first kappa shape index (κ1) is 19.7. The van der Waals surface area contributed by atoms with Gasteiger partial charge in [-0.15, -0.1) is 16.4 Å². The van der Waals surface area contributed by atoms with E-state index in [1.807, 2.05) is 40.1 Å². The second-order valence-electron chi connectivity index (χ2n) is 9.80. The topological polar surface area (TPSA) is 52.3 Å². The van der Waals surface area contributed by atoms with Crippen LogP contribution in [0.25, 0.3) is 26.6 Å². The van der Waals surface area contributed by atoms with E-state index < -0.39 is 0 Å². The van der Waals surface area contributed by atoms with E-state index in [0.717, 1.165) is 39.8 Å². The van der Waals surface area contributed by atoms with Crippen molar-refractivity contribution >= 4 is 38.0 Å². The average Bonchev–Trinajstić information content (AvgIpc) is 3.37. The summed E-state index contributed by atoms with van der Waals surface area (Å²) < 4.78 is 7.95. The van der Waals surface area contributed by atoms with Gasteiger partial charge in [0.1, 0.15) is 23.5 Å². The summed E-state index contributed by atoms with van der Waals surface area (Å²) >= 11 is 1.83. The number of fused-ring (bicyclic) bond motifs is 6. The smallest absolute Gasteiger partial charge is 0.189 e. The molecular formula is C26H26N4OS. The van der Waals surface area contributed by atoms with Gasteiger partial charge >= 0.3 is 0 Å². The number of thiophene rings is 1. The fourth-order valence-electron chi connectivity index (χ4n) is 4.88. The van der Waals surface area contributed by atoms with Gasteiger partial charge in [-0.1, -0.05) is 57.2 Å². The van der Waals surface area contributed by atoms with E-state index in [0.29, 0.717) is 23.8 Å². The molecule has 3 aromatic heterocycles. The summed E-state index contributed by atoms with van der Waals surface area (Å²) in [6, 6.07) is 14.4. The quantitative estimate of drug-likeness (QED) is 0.333. The van der Waals surface area contributed by atoms with Crippen molar-refractivity contribution in [3.63, 3.8) is 0 Å². The molecular weight excluding hydrogens is 416 g/mol. The molecule has 32 heavy (non-hydrogen) atoms. The number of hydrogen-bond acceptors (Lipinski definition) is 5. The molecule has 0 unspecified atom stereocenters. The Kier molecular flexibility index (Phi) is 4.47. The maximum absolute atomic E-state index is 6.14. The summed E-state index contributed by atoms with van der Waals surface area (Å²) in [5.74, 6) is 2.24. The third-order valence-electron chi connectivity index (χ3n) is 6.76. The van der Waals surface area contributed by atoms with Gasteiger partial charge in [-0.05, 0) is 47.6 Å². The molecule has 0 bridgehead atoms. The first-order chi connectivity index (χ1) is 15.5. The first-order valence-corrected chi connectivity index (χ1v) is 12.0. The SMILES string of the molecule is CC(C)(C)[C@H]1CCc2c(sc3ncn4nc(COc5cccc6ccccc56)nc4c23)C1. The molecule has 2 aromatic carbocycles. The molecule has 1 atom stereocenters. The minimum absolute atomic E-state index is 0.329. The van der Waals surface area contributed by atoms with Crippen LogP contribution >= 0.6 is 11.3 Å². The van der Waals surface area contributed by atoms with E-state index in [1.165, 1.54) is 22.2 Å². The molecule has 0 fully saturated rings. The summed E-state index contributed by atoms with van der Waals surface area (Å²) in [6.45, 7) is 7.39. The Hall–Kier alpha value is -2.99. The Bertz CT molecular complexity index is 1450. The van der Waals surface area contributed by atoms with Crippen LogP contribution in [0, 0.1) is 11.3 Å². The lowest BCUT2D eigenvalue weighted by Crippen LogP contribution is -2.26. The zero-order valence-electron chi connectivity index (χ0n) is 18.6. The largest absolute Gasteiger partial charge is 0.485 e. The molecule has 3 heterocycles. The van der Waals surface area contributed by atoms with Gasteiger partial charge in [0.15, 0.2) is 11.5 Å². The zero-order chi connectivity index (χ0) is 21.9. The summed E-state index contributed by atoms with van der Waals surface area (Å²) in [5.41, 5.74) is 2.66. The summed E-state index contributed by atoms with van der Waals surface area (Å²) in [7, 11) is 0. The third kappa shape index (κ3) is 3.25. The lowest BCUT2D eigenvalue weighted by Gasteiger charge is -2.33. The van der Waals surface area contributed by atoms with Crippen molar-refractivity contribution in [1.82, 2.24) is 19.6 Å². The molecule has 0 saturated carbocycles. The van der Waals surface area contributed by atoms with Crippen LogP contribution in [0.5, 0.6) is 5.75 Å². The van der Waals surface area contributed by atoms with Crippen molar-refractivity contribution in [2.24, 2.45) is 11.3 Å². The number of aromatic nitrogens is 4. The Balaban J connectivity index is 1.34. The monoisotopic (exact) mass is 442 g/mol. The number of ether oxygens (including phenoxy) is 1. The van der Waals surface area contributed by atoms with Crippen molar-refractivity contribution in [3.05, 3.63) is 65.1 Å². The van der Waals surface area contributed by atoms with Gasteiger partial charge in [-0.3, -0.25) is 0 Å². The van der Waals surface area contributed by atoms with Crippen molar-refractivity contribution in [2.75, 3.05) is 0 Å². The molecule has 5 nitrogen and oxygen atoms in total. The van der Waals surface area contributed by atoms with Gasteiger partial charge < -0.3 is 4.74 Å². The van der Waals surface area contributed by atoms with Crippen molar-refractivity contribution in [2.45, 2.75) is 46.6 Å². The summed E-state index contributed by atoms with van der Waals surface area (Å²) in [5, 5.41) is 8.11. The number of aryl methyl sites for hydroxylation is 1. The minimum atomic E-state index is 0.329. The van der Waals surface area contributed by atoms with Gasteiger partial charge in [0.25, 0.3) is 0 Å². The van der Waals surface area contributed by atoms with Gasteiger partial charge in [-0.25, -0.2) is 14.5 Å². The second-order valence-corrected chi connectivity index (χ2v) is 10.9. The van der Waals surface area contributed by atoms with Gasteiger partial charge in [0.2, 0.25) is 0 Å². The number of nitrogens with zero attached hydrogens (tertiary/aromatic N) is 4. The van der Waals surface area contributed by atoms with Crippen molar-refractivity contribution in [3.8, 4) is 5.75 Å². The van der Waals surface area contributed by atoms with E-state index in [4.69, 9.17) is 14.7 Å². The summed E-state index contributed by atoms with van der Waals surface area (Å²) in [6.07, 6.45) is 5.23. The second kappa shape index (κ2) is 7.27. The number of rotatable bonds is 3. The van der Waals surface area contributed by atoms with Crippen LogP contribution in [-0.4, -0.2) is 19.6 Å². The molecule has 0 saturated heterocycles. The normalized spacial score (nSPS) is 16.7. The lowest BCUT2D eigenvalue weighted by atomic mass is 9.72. The summed E-state index contributed by atoms with van der Waals surface area (Å²) in [4.78, 5) is 12.1. The van der Waals surface area contributed by atoms with Crippen LogP contribution in [0.15, 0.2) is 48.8 Å². The maximum atomic E-state index is 6.14. The van der Waals surface area contributed by atoms with E-state index in [1.54, 1.807) is 6.33 Å². The van der Waals surface area contributed by atoms with Crippen LogP contribution in [0.3, 0.4) is 0 Å². The molecule has 1 aliphatic carbocycles. The van der Waals surface area contributed by atoms with Crippen LogP contribution in [0.4, 0.5) is 0 Å². The molecule has 0 aliphatic heterocycles. The standard InChI is InChI=1S/C26H26N4OS/c1-26(2,3)17-11-12-19-21(13-17)32-25-23(19)24-28-22(29-30(24)15-27-25)14-31-20-10-6-8-16-7-4-5-9-18(16)20/h4-10,15,17H,11-14H2,1-3H3/t17-/m0/s1. The molecule has 6 heteroatoms. The third-order valence-corrected chi connectivity index (χ3v) is 7.92. The van der Waals surface area contributed by atoms with Crippen molar-refractivity contribution in [1.29, 1.82) is 0 Å². The molecule has 0 spiro atoms. The Morgan fingerprint density at radius 3 is 2.84 bits per heavy atom. The van der Waals surface area contributed by atoms with Gasteiger partial charge in [0, 0.05) is 10.3 Å². The molecule has 5 aromatic rings. The van der Waals surface area contributed by atoms with Gasteiger partial charge in [0.05, 0.1) is 5.39 Å². The molecule has 6 rings (SSSR count). The fraction of sp³-hybridized carbons (Fsp3) is 0.346. The Labute approximate surface area is 191 Å².